The Balaban J connectivity index is 2.42. The van der Waals surface area contributed by atoms with Gasteiger partial charge in [0.2, 0.25) is 0 Å². The van der Waals surface area contributed by atoms with Gasteiger partial charge in [-0.15, -0.1) is 0 Å². The van der Waals surface area contributed by atoms with Gasteiger partial charge in [0.15, 0.2) is 5.11 Å². The molecule has 0 spiro atoms. The Morgan fingerprint density at radius 2 is 2.00 bits per heavy atom. The average Bonchev–Trinajstić information content (AvgIpc) is 2.39. The van der Waals surface area contributed by atoms with Crippen molar-refractivity contribution in [2.75, 3.05) is 20.7 Å². The van der Waals surface area contributed by atoms with E-state index in [4.69, 9.17) is 17.0 Å². The summed E-state index contributed by atoms with van der Waals surface area (Å²) in [7, 11) is 3.68. The van der Waals surface area contributed by atoms with E-state index < -0.39 is 0 Å². The lowest BCUT2D eigenvalue weighted by molar-refractivity contribution is 0.414. The minimum absolute atomic E-state index is 0.805. The molecule has 0 aliphatic rings. The van der Waals surface area contributed by atoms with Gasteiger partial charge >= 0.3 is 0 Å². The second kappa shape index (κ2) is 7.93. The highest BCUT2D eigenvalue weighted by molar-refractivity contribution is 7.80. The van der Waals surface area contributed by atoms with E-state index in [-0.39, 0.29) is 0 Å². The third-order valence-corrected chi connectivity index (χ3v) is 3.19. The van der Waals surface area contributed by atoms with Crippen molar-refractivity contribution >= 4 is 17.3 Å². The molecule has 4 heteroatoms. The van der Waals surface area contributed by atoms with Gasteiger partial charge in [-0.3, -0.25) is 0 Å². The molecule has 0 atom stereocenters. The van der Waals surface area contributed by atoms with Crippen LogP contribution in [0, 0.1) is 0 Å². The standard InChI is InChI=1S/C14H22N2OS/c1-4-5-10-15-14(18)16(2)11-12-6-8-13(17-3)9-7-12/h6-9H,4-5,10-11H2,1-3H3,(H,15,18). The monoisotopic (exact) mass is 266 g/mol. The van der Waals surface area contributed by atoms with Crippen LogP contribution in [-0.2, 0) is 6.54 Å². The maximum atomic E-state index is 5.33. The average molecular weight is 266 g/mol. The van der Waals surface area contributed by atoms with Crippen LogP contribution in [0.3, 0.4) is 0 Å². The van der Waals surface area contributed by atoms with E-state index in [2.05, 4.69) is 24.4 Å². The van der Waals surface area contributed by atoms with Gasteiger partial charge in [0.25, 0.3) is 0 Å². The maximum absolute atomic E-state index is 5.33. The number of nitrogens with zero attached hydrogens (tertiary/aromatic N) is 1. The van der Waals surface area contributed by atoms with Crippen LogP contribution in [0.4, 0.5) is 0 Å². The lowest BCUT2D eigenvalue weighted by Crippen LogP contribution is -2.36. The molecule has 3 nitrogen and oxygen atoms in total. The van der Waals surface area contributed by atoms with Gasteiger partial charge in [0.1, 0.15) is 5.75 Å². The highest BCUT2D eigenvalue weighted by Crippen LogP contribution is 2.12. The van der Waals surface area contributed by atoms with Crippen LogP contribution in [0.15, 0.2) is 24.3 Å². The molecule has 0 amide bonds. The maximum Gasteiger partial charge on any atom is 0.168 e. The number of ether oxygens (including phenoxy) is 1. The third kappa shape index (κ3) is 4.92. The van der Waals surface area contributed by atoms with Gasteiger partial charge in [-0.25, -0.2) is 0 Å². The van der Waals surface area contributed by atoms with Crippen molar-refractivity contribution in [1.29, 1.82) is 0 Å². The summed E-state index contributed by atoms with van der Waals surface area (Å²) in [6.07, 6.45) is 2.33. The Morgan fingerprint density at radius 1 is 1.33 bits per heavy atom. The second-order valence-corrected chi connectivity index (χ2v) is 4.68. The summed E-state index contributed by atoms with van der Waals surface area (Å²) in [6, 6.07) is 8.06. The van der Waals surface area contributed by atoms with Crippen LogP contribution >= 0.6 is 12.2 Å². The first-order valence-electron chi connectivity index (χ1n) is 6.29. The van der Waals surface area contributed by atoms with Crippen molar-refractivity contribution in [1.82, 2.24) is 10.2 Å². The van der Waals surface area contributed by atoms with Crippen molar-refractivity contribution in [3.05, 3.63) is 29.8 Å². The summed E-state index contributed by atoms with van der Waals surface area (Å²) in [5.41, 5.74) is 1.22. The Kier molecular flexibility index (Phi) is 6.50. The minimum atomic E-state index is 0.805. The quantitative estimate of drug-likeness (QED) is 0.632. The Hall–Kier alpha value is -1.29. The number of rotatable bonds is 6. The summed E-state index contributed by atoms with van der Waals surface area (Å²) in [5.74, 6) is 0.880. The fourth-order valence-corrected chi connectivity index (χ4v) is 1.75. The number of hydrogen-bond donors (Lipinski definition) is 1. The SMILES string of the molecule is CCCCNC(=S)N(C)Cc1ccc(OC)cc1. The molecule has 100 valence electrons. The van der Waals surface area contributed by atoms with E-state index in [1.54, 1.807) is 7.11 Å². The molecule has 1 aromatic carbocycles. The molecule has 1 N–H and O–H groups in total. The molecule has 1 aromatic rings. The zero-order chi connectivity index (χ0) is 13.4. The fraction of sp³-hybridized carbons (Fsp3) is 0.500. The lowest BCUT2D eigenvalue weighted by atomic mass is 10.2. The lowest BCUT2D eigenvalue weighted by Gasteiger charge is -2.21. The number of methoxy groups -OCH3 is 1. The van der Waals surface area contributed by atoms with Crippen LogP contribution in [0.25, 0.3) is 0 Å². The predicted octanol–water partition coefficient (Wildman–Crippen LogP) is 2.80. The van der Waals surface area contributed by atoms with Gasteiger partial charge in [0, 0.05) is 20.1 Å². The minimum Gasteiger partial charge on any atom is -0.497 e. The largest absolute Gasteiger partial charge is 0.497 e. The van der Waals surface area contributed by atoms with Gasteiger partial charge in [-0.1, -0.05) is 25.5 Å². The fourth-order valence-electron chi connectivity index (χ4n) is 1.58. The Morgan fingerprint density at radius 3 is 2.56 bits per heavy atom. The van der Waals surface area contributed by atoms with Crippen molar-refractivity contribution in [3.63, 3.8) is 0 Å². The summed E-state index contributed by atoms with van der Waals surface area (Å²) >= 11 is 5.33. The third-order valence-electron chi connectivity index (χ3n) is 2.73. The normalized spacial score (nSPS) is 9.94. The molecule has 0 aromatic heterocycles. The van der Waals surface area contributed by atoms with Crippen LogP contribution in [0.5, 0.6) is 5.75 Å². The molecule has 0 fully saturated rings. The van der Waals surface area contributed by atoms with Gasteiger partial charge in [-0.05, 0) is 36.3 Å². The molecular weight excluding hydrogens is 244 g/mol. The van der Waals surface area contributed by atoms with Crippen LogP contribution in [-0.4, -0.2) is 30.7 Å². The molecular formula is C14H22N2OS. The topological polar surface area (TPSA) is 24.5 Å². The molecule has 0 aliphatic carbocycles. The number of benzene rings is 1. The number of nitrogens with one attached hydrogen (secondary N) is 1. The number of hydrogen-bond acceptors (Lipinski definition) is 2. The van der Waals surface area contributed by atoms with Crippen LogP contribution in [0.1, 0.15) is 25.3 Å². The Bertz CT molecular complexity index is 365. The molecule has 0 unspecified atom stereocenters. The molecule has 1 rings (SSSR count). The van der Waals surface area contributed by atoms with Crippen molar-refractivity contribution < 1.29 is 4.74 Å². The van der Waals surface area contributed by atoms with E-state index in [0.29, 0.717) is 0 Å². The number of unbranched alkanes of at least 4 members (excludes halogenated alkanes) is 1. The van der Waals surface area contributed by atoms with E-state index in [0.717, 1.165) is 30.4 Å². The van der Waals surface area contributed by atoms with Crippen molar-refractivity contribution in [2.45, 2.75) is 26.3 Å². The zero-order valence-electron chi connectivity index (χ0n) is 11.4. The smallest absolute Gasteiger partial charge is 0.168 e. The Labute approximate surface area is 115 Å². The van der Waals surface area contributed by atoms with E-state index in [1.807, 2.05) is 24.1 Å². The first kappa shape index (κ1) is 14.8. The summed E-state index contributed by atoms with van der Waals surface area (Å²) < 4.78 is 5.14. The van der Waals surface area contributed by atoms with E-state index in [1.165, 1.54) is 12.0 Å². The highest BCUT2D eigenvalue weighted by Gasteiger charge is 2.04. The van der Waals surface area contributed by atoms with Crippen LogP contribution in [0.2, 0.25) is 0 Å². The molecule has 0 saturated heterocycles. The number of thiocarbonyl (C=S) groups is 1. The van der Waals surface area contributed by atoms with Gasteiger partial charge in [-0.2, -0.15) is 0 Å². The van der Waals surface area contributed by atoms with Crippen molar-refractivity contribution in [2.24, 2.45) is 0 Å². The highest BCUT2D eigenvalue weighted by atomic mass is 32.1. The van der Waals surface area contributed by atoms with Gasteiger partial charge in [0.05, 0.1) is 7.11 Å². The zero-order valence-corrected chi connectivity index (χ0v) is 12.2. The van der Waals surface area contributed by atoms with Crippen molar-refractivity contribution in [3.8, 4) is 5.75 Å². The molecule has 0 aliphatic heterocycles. The summed E-state index contributed by atoms with van der Waals surface area (Å²) in [4.78, 5) is 2.05. The predicted molar refractivity (Wildman–Crippen MR) is 80.0 cm³/mol. The molecule has 18 heavy (non-hydrogen) atoms. The van der Waals surface area contributed by atoms with E-state index in [9.17, 15) is 0 Å². The molecule has 0 bridgehead atoms. The first-order chi connectivity index (χ1) is 8.67. The summed E-state index contributed by atoms with van der Waals surface area (Å²) in [6.45, 7) is 3.93. The van der Waals surface area contributed by atoms with E-state index >= 15 is 0 Å². The van der Waals surface area contributed by atoms with Crippen LogP contribution < -0.4 is 10.1 Å². The van der Waals surface area contributed by atoms with Gasteiger partial charge < -0.3 is 15.0 Å². The summed E-state index contributed by atoms with van der Waals surface area (Å²) in [5, 5.41) is 4.06. The molecule has 0 saturated carbocycles. The first-order valence-corrected chi connectivity index (χ1v) is 6.70. The molecule has 0 radical (unpaired) electrons. The molecule has 0 heterocycles. The second-order valence-electron chi connectivity index (χ2n) is 4.29.